The summed E-state index contributed by atoms with van der Waals surface area (Å²) < 4.78 is 13.3. The molecule has 6 heteroatoms. The summed E-state index contributed by atoms with van der Waals surface area (Å²) in [4.78, 5) is 9.02. The van der Waals surface area contributed by atoms with Crippen LogP contribution in [0.3, 0.4) is 0 Å². The van der Waals surface area contributed by atoms with E-state index in [1.165, 1.54) is 31.7 Å². The number of aromatic nitrogens is 2. The first-order valence-electron chi connectivity index (χ1n) is 8.44. The zero-order chi connectivity index (χ0) is 16.9. The molecule has 0 atom stereocenters. The number of aryl methyl sites for hydroxylation is 1. The van der Waals surface area contributed by atoms with Crippen molar-refractivity contribution in [3.8, 4) is 0 Å². The number of benzene rings is 1. The molecule has 128 valence electrons. The quantitative estimate of drug-likeness (QED) is 0.721. The number of hydrogen-bond acceptors (Lipinski definition) is 4. The summed E-state index contributed by atoms with van der Waals surface area (Å²) in [6.45, 7) is 1.93. The van der Waals surface area contributed by atoms with Crippen LogP contribution in [0, 0.1) is 12.7 Å². The lowest BCUT2D eigenvalue weighted by molar-refractivity contribution is 0.614. The molecule has 3 rings (SSSR count). The molecule has 0 amide bonds. The van der Waals surface area contributed by atoms with Crippen molar-refractivity contribution in [2.75, 3.05) is 10.6 Å². The van der Waals surface area contributed by atoms with Crippen LogP contribution < -0.4 is 10.6 Å². The Morgan fingerprint density at radius 2 is 1.83 bits per heavy atom. The third-order valence-electron chi connectivity index (χ3n) is 4.23. The van der Waals surface area contributed by atoms with Crippen molar-refractivity contribution in [2.24, 2.45) is 0 Å². The molecule has 1 heterocycles. The minimum Gasteiger partial charge on any atom is -0.351 e. The Hall–Kier alpha value is -1.88. The van der Waals surface area contributed by atoms with Gasteiger partial charge in [-0.2, -0.15) is 4.98 Å². The molecule has 1 aromatic heterocycles. The zero-order valence-electron chi connectivity index (χ0n) is 13.8. The molecule has 4 nitrogen and oxygen atoms in total. The molecule has 0 spiro atoms. The van der Waals surface area contributed by atoms with Gasteiger partial charge in [-0.15, -0.1) is 0 Å². The number of nitrogens with one attached hydrogen (secondary N) is 2. The number of anilines is 3. The second kappa shape index (κ2) is 7.79. The van der Waals surface area contributed by atoms with Crippen LogP contribution in [0.1, 0.15) is 44.2 Å². The molecule has 2 N–H and O–H groups in total. The summed E-state index contributed by atoms with van der Waals surface area (Å²) in [5.74, 6) is 0.871. The average molecular weight is 349 g/mol. The highest BCUT2D eigenvalue weighted by Crippen LogP contribution is 2.24. The smallest absolute Gasteiger partial charge is 0.225 e. The van der Waals surface area contributed by atoms with Crippen LogP contribution >= 0.6 is 11.6 Å². The first kappa shape index (κ1) is 17.0. The second-order valence-corrected chi connectivity index (χ2v) is 6.71. The number of rotatable bonds is 4. The van der Waals surface area contributed by atoms with E-state index >= 15 is 0 Å². The van der Waals surface area contributed by atoms with Gasteiger partial charge in [-0.25, -0.2) is 9.37 Å². The van der Waals surface area contributed by atoms with Crippen molar-refractivity contribution in [3.63, 3.8) is 0 Å². The average Bonchev–Trinajstić information content (AvgIpc) is 2.79. The van der Waals surface area contributed by atoms with Crippen molar-refractivity contribution in [3.05, 3.63) is 40.8 Å². The highest BCUT2D eigenvalue weighted by molar-refractivity contribution is 6.31. The molecule has 0 aliphatic heterocycles. The maximum Gasteiger partial charge on any atom is 0.225 e. The Morgan fingerprint density at radius 1 is 1.08 bits per heavy atom. The van der Waals surface area contributed by atoms with Gasteiger partial charge in [-0.05, 0) is 38.0 Å². The van der Waals surface area contributed by atoms with Gasteiger partial charge < -0.3 is 10.6 Å². The maximum absolute atomic E-state index is 13.3. The van der Waals surface area contributed by atoms with Gasteiger partial charge in [-0.1, -0.05) is 37.3 Å². The third kappa shape index (κ3) is 4.57. The molecular weight excluding hydrogens is 327 g/mol. The van der Waals surface area contributed by atoms with Crippen LogP contribution in [0.25, 0.3) is 0 Å². The summed E-state index contributed by atoms with van der Waals surface area (Å²) >= 11 is 5.83. The van der Waals surface area contributed by atoms with Crippen LogP contribution in [0.5, 0.6) is 0 Å². The van der Waals surface area contributed by atoms with E-state index in [4.69, 9.17) is 11.6 Å². The number of hydrogen-bond donors (Lipinski definition) is 2. The fourth-order valence-electron chi connectivity index (χ4n) is 3.03. The lowest BCUT2D eigenvalue weighted by Crippen LogP contribution is -2.20. The molecular formula is C18H22ClFN4. The van der Waals surface area contributed by atoms with Gasteiger partial charge in [0.1, 0.15) is 11.6 Å². The van der Waals surface area contributed by atoms with E-state index in [0.29, 0.717) is 23.5 Å². The summed E-state index contributed by atoms with van der Waals surface area (Å²) in [7, 11) is 0. The molecule has 1 aliphatic rings. The van der Waals surface area contributed by atoms with E-state index in [0.717, 1.165) is 18.5 Å². The fourth-order valence-corrected chi connectivity index (χ4v) is 3.21. The van der Waals surface area contributed by atoms with Gasteiger partial charge in [0, 0.05) is 23.5 Å². The number of halogens is 2. The van der Waals surface area contributed by atoms with E-state index in [2.05, 4.69) is 20.6 Å². The highest BCUT2D eigenvalue weighted by atomic mass is 35.5. The Kier molecular flexibility index (Phi) is 5.51. The van der Waals surface area contributed by atoms with Gasteiger partial charge in [0.25, 0.3) is 0 Å². The SMILES string of the molecule is Cc1cc(Nc2ccc(F)c(Cl)c2)nc(NC2CCCCCC2)n1. The van der Waals surface area contributed by atoms with Crippen molar-refractivity contribution < 1.29 is 4.39 Å². The molecule has 0 unspecified atom stereocenters. The molecule has 1 aliphatic carbocycles. The molecule has 2 aromatic rings. The van der Waals surface area contributed by atoms with E-state index in [1.54, 1.807) is 12.1 Å². The Labute approximate surface area is 146 Å². The van der Waals surface area contributed by atoms with Crippen molar-refractivity contribution in [2.45, 2.75) is 51.5 Å². The first-order valence-corrected chi connectivity index (χ1v) is 8.82. The lowest BCUT2D eigenvalue weighted by Gasteiger charge is -2.17. The monoisotopic (exact) mass is 348 g/mol. The standard InChI is InChI=1S/C18H22ClFN4/c1-12-10-17(22-14-8-9-16(20)15(19)11-14)24-18(21-12)23-13-6-4-2-3-5-7-13/h8-11,13H,2-7H2,1H3,(H2,21,22,23,24). The van der Waals surface area contributed by atoms with Crippen LogP contribution in [-0.4, -0.2) is 16.0 Å². The molecule has 0 bridgehead atoms. The van der Waals surface area contributed by atoms with Gasteiger partial charge in [-0.3, -0.25) is 0 Å². The molecule has 0 saturated heterocycles. The lowest BCUT2D eigenvalue weighted by atomic mass is 10.1. The largest absolute Gasteiger partial charge is 0.351 e. The number of nitrogens with zero attached hydrogens (tertiary/aromatic N) is 2. The molecule has 24 heavy (non-hydrogen) atoms. The Balaban J connectivity index is 1.74. The van der Waals surface area contributed by atoms with Crippen molar-refractivity contribution in [1.82, 2.24) is 9.97 Å². The predicted molar refractivity (Wildman–Crippen MR) is 96.6 cm³/mol. The summed E-state index contributed by atoms with van der Waals surface area (Å²) in [5, 5.41) is 6.71. The second-order valence-electron chi connectivity index (χ2n) is 6.30. The van der Waals surface area contributed by atoms with Gasteiger partial charge in [0.15, 0.2) is 0 Å². The summed E-state index contributed by atoms with van der Waals surface area (Å²) in [6.07, 6.45) is 7.45. The Bertz CT molecular complexity index is 699. The van der Waals surface area contributed by atoms with Gasteiger partial charge in [0.05, 0.1) is 5.02 Å². The van der Waals surface area contributed by atoms with Crippen LogP contribution in [-0.2, 0) is 0 Å². The minimum atomic E-state index is -0.434. The summed E-state index contributed by atoms with van der Waals surface area (Å²) in [5.41, 5.74) is 1.57. The van der Waals surface area contributed by atoms with Crippen LogP contribution in [0.15, 0.2) is 24.3 Å². The van der Waals surface area contributed by atoms with Gasteiger partial charge >= 0.3 is 0 Å². The van der Waals surface area contributed by atoms with Crippen LogP contribution in [0.2, 0.25) is 5.02 Å². The normalized spacial score (nSPS) is 15.8. The van der Waals surface area contributed by atoms with E-state index < -0.39 is 5.82 Å². The highest BCUT2D eigenvalue weighted by Gasteiger charge is 2.14. The van der Waals surface area contributed by atoms with E-state index in [9.17, 15) is 4.39 Å². The molecule has 0 radical (unpaired) electrons. The Morgan fingerprint density at radius 3 is 2.54 bits per heavy atom. The van der Waals surface area contributed by atoms with Gasteiger partial charge in [0.2, 0.25) is 5.95 Å². The topological polar surface area (TPSA) is 49.8 Å². The molecule has 1 fully saturated rings. The fraction of sp³-hybridized carbons (Fsp3) is 0.444. The zero-order valence-corrected chi connectivity index (χ0v) is 14.5. The molecule has 1 aromatic carbocycles. The summed E-state index contributed by atoms with van der Waals surface area (Å²) in [6, 6.07) is 6.81. The predicted octanol–water partition coefficient (Wildman–Crippen LogP) is 5.46. The maximum atomic E-state index is 13.3. The van der Waals surface area contributed by atoms with E-state index in [-0.39, 0.29) is 5.02 Å². The molecule has 1 saturated carbocycles. The third-order valence-corrected chi connectivity index (χ3v) is 4.52. The first-order chi connectivity index (χ1) is 11.6. The minimum absolute atomic E-state index is 0.0857. The van der Waals surface area contributed by atoms with Crippen molar-refractivity contribution >= 4 is 29.1 Å². The van der Waals surface area contributed by atoms with Crippen molar-refractivity contribution in [1.29, 1.82) is 0 Å². The van der Waals surface area contributed by atoms with Crippen LogP contribution in [0.4, 0.5) is 21.8 Å². The van der Waals surface area contributed by atoms with E-state index in [1.807, 2.05) is 13.0 Å².